The molecule has 0 radical (unpaired) electrons. The molecule has 1 unspecified atom stereocenters. The molecule has 0 aromatic carbocycles. The van der Waals surface area contributed by atoms with Crippen LogP contribution in [0.4, 0.5) is 0 Å². The Balaban J connectivity index is 2.63. The molecule has 1 aromatic rings. The van der Waals surface area contributed by atoms with Crippen LogP contribution in [0.25, 0.3) is 0 Å². The molecular formula is C12H15NOS. The third kappa shape index (κ3) is 3.10. The van der Waals surface area contributed by atoms with Crippen molar-refractivity contribution in [3.05, 3.63) is 21.9 Å². The lowest BCUT2D eigenvalue weighted by Crippen LogP contribution is -2.34. The Morgan fingerprint density at radius 2 is 2.40 bits per heavy atom. The van der Waals surface area contributed by atoms with Crippen molar-refractivity contribution < 1.29 is 4.79 Å². The van der Waals surface area contributed by atoms with Gasteiger partial charge in [0, 0.05) is 17.8 Å². The van der Waals surface area contributed by atoms with Gasteiger partial charge < -0.3 is 5.32 Å². The van der Waals surface area contributed by atoms with Gasteiger partial charge in [-0.05, 0) is 24.3 Å². The van der Waals surface area contributed by atoms with E-state index in [1.54, 1.807) is 11.3 Å². The minimum atomic E-state index is -0.0177. The van der Waals surface area contributed by atoms with Crippen LogP contribution in [0.1, 0.15) is 35.7 Å². The number of hydrogen-bond donors (Lipinski definition) is 1. The number of hydrogen-bond acceptors (Lipinski definition) is 2. The van der Waals surface area contributed by atoms with Crippen LogP contribution in [0, 0.1) is 19.3 Å². The highest BCUT2D eigenvalue weighted by atomic mass is 32.1. The maximum Gasteiger partial charge on any atom is 0.252 e. The molecule has 1 atom stereocenters. The quantitative estimate of drug-likeness (QED) is 0.778. The van der Waals surface area contributed by atoms with Gasteiger partial charge in [0.2, 0.25) is 0 Å². The highest BCUT2D eigenvalue weighted by Gasteiger charge is 2.13. The van der Waals surface area contributed by atoms with Crippen LogP contribution in [0.3, 0.4) is 0 Å². The molecule has 3 heteroatoms. The van der Waals surface area contributed by atoms with Crippen molar-refractivity contribution in [2.45, 2.75) is 32.7 Å². The number of carbonyl (C=O) groups excluding carboxylic acids is 1. The average molecular weight is 221 g/mol. The third-order valence-corrected chi connectivity index (χ3v) is 3.15. The van der Waals surface area contributed by atoms with E-state index in [-0.39, 0.29) is 11.9 Å². The molecule has 2 nitrogen and oxygen atoms in total. The fraction of sp³-hybridized carbons (Fsp3) is 0.417. The van der Waals surface area contributed by atoms with Crippen molar-refractivity contribution in [3.8, 4) is 12.3 Å². The van der Waals surface area contributed by atoms with Crippen molar-refractivity contribution in [2.24, 2.45) is 0 Å². The molecule has 0 aliphatic heterocycles. The molecule has 15 heavy (non-hydrogen) atoms. The van der Waals surface area contributed by atoms with Crippen LogP contribution in [-0.2, 0) is 0 Å². The lowest BCUT2D eigenvalue weighted by Gasteiger charge is -2.13. The summed E-state index contributed by atoms with van der Waals surface area (Å²) in [5.41, 5.74) is 1.78. The summed E-state index contributed by atoms with van der Waals surface area (Å²) >= 11 is 1.54. The Hall–Kier alpha value is -1.27. The second-order valence-corrected chi connectivity index (χ2v) is 4.20. The Kier molecular flexibility index (Phi) is 4.38. The van der Waals surface area contributed by atoms with Crippen LogP contribution in [0.5, 0.6) is 0 Å². The number of amides is 1. The highest BCUT2D eigenvalue weighted by Crippen LogP contribution is 2.13. The van der Waals surface area contributed by atoms with Gasteiger partial charge in [-0.25, -0.2) is 0 Å². The molecule has 0 aliphatic rings. The molecule has 1 amide bonds. The molecule has 1 rings (SSSR count). The van der Waals surface area contributed by atoms with Crippen molar-refractivity contribution in [3.63, 3.8) is 0 Å². The van der Waals surface area contributed by atoms with Gasteiger partial charge in [0.1, 0.15) is 0 Å². The van der Waals surface area contributed by atoms with E-state index < -0.39 is 0 Å². The van der Waals surface area contributed by atoms with Crippen LogP contribution in [0.2, 0.25) is 0 Å². The number of carbonyl (C=O) groups is 1. The standard InChI is InChI=1S/C12H15NOS/c1-4-6-10(5-2)13-12(14)11-8-15-7-9(11)3/h1,7-8,10H,5-6H2,2-3H3,(H,13,14). The molecule has 0 spiro atoms. The average Bonchev–Trinajstić information content (AvgIpc) is 2.63. The van der Waals surface area contributed by atoms with Gasteiger partial charge in [-0.1, -0.05) is 6.92 Å². The first-order valence-electron chi connectivity index (χ1n) is 4.96. The van der Waals surface area contributed by atoms with Crippen molar-refractivity contribution in [1.29, 1.82) is 0 Å². The zero-order chi connectivity index (χ0) is 11.3. The predicted molar refractivity (Wildman–Crippen MR) is 64.1 cm³/mol. The summed E-state index contributed by atoms with van der Waals surface area (Å²) in [5, 5.41) is 6.77. The molecule has 0 aliphatic carbocycles. The lowest BCUT2D eigenvalue weighted by atomic mass is 10.1. The van der Waals surface area contributed by atoms with Gasteiger partial charge in [-0.2, -0.15) is 11.3 Å². The van der Waals surface area contributed by atoms with Crippen LogP contribution >= 0.6 is 11.3 Å². The van der Waals surface area contributed by atoms with E-state index in [4.69, 9.17) is 6.42 Å². The summed E-state index contributed by atoms with van der Waals surface area (Å²) in [7, 11) is 0. The van der Waals surface area contributed by atoms with Gasteiger partial charge in [0.05, 0.1) is 5.56 Å². The second-order valence-electron chi connectivity index (χ2n) is 3.46. The third-order valence-electron chi connectivity index (χ3n) is 2.29. The van der Waals surface area contributed by atoms with Gasteiger partial charge in [0.15, 0.2) is 0 Å². The minimum Gasteiger partial charge on any atom is -0.348 e. The van der Waals surface area contributed by atoms with E-state index in [0.717, 1.165) is 17.5 Å². The molecule has 1 N–H and O–H groups in total. The maximum absolute atomic E-state index is 11.8. The molecule has 0 saturated heterocycles. The number of terminal acetylenes is 1. The van der Waals surface area contributed by atoms with Crippen LogP contribution in [0.15, 0.2) is 10.8 Å². The van der Waals surface area contributed by atoms with E-state index in [2.05, 4.69) is 11.2 Å². The maximum atomic E-state index is 11.8. The van der Waals surface area contributed by atoms with Crippen molar-refractivity contribution in [2.75, 3.05) is 0 Å². The molecular weight excluding hydrogens is 206 g/mol. The molecule has 1 heterocycles. The molecule has 1 aromatic heterocycles. The summed E-state index contributed by atoms with van der Waals surface area (Å²) in [5.74, 6) is 2.55. The monoisotopic (exact) mass is 221 g/mol. The number of aryl methyl sites for hydroxylation is 1. The predicted octanol–water partition coefficient (Wildman–Crippen LogP) is 2.59. The Labute approximate surface area is 94.7 Å². The number of thiophene rings is 1. The van der Waals surface area contributed by atoms with Crippen LogP contribution in [-0.4, -0.2) is 11.9 Å². The first-order valence-corrected chi connectivity index (χ1v) is 5.90. The Bertz CT molecular complexity index is 375. The largest absolute Gasteiger partial charge is 0.348 e. The van der Waals surface area contributed by atoms with Crippen LogP contribution < -0.4 is 5.32 Å². The fourth-order valence-electron chi connectivity index (χ4n) is 1.30. The zero-order valence-corrected chi connectivity index (χ0v) is 9.86. The summed E-state index contributed by atoms with van der Waals surface area (Å²) in [6.45, 7) is 3.95. The van der Waals surface area contributed by atoms with E-state index >= 15 is 0 Å². The summed E-state index contributed by atoms with van der Waals surface area (Å²) in [4.78, 5) is 11.8. The van der Waals surface area contributed by atoms with Gasteiger partial charge in [-0.3, -0.25) is 4.79 Å². The molecule has 0 fully saturated rings. The lowest BCUT2D eigenvalue weighted by molar-refractivity contribution is 0.0936. The van der Waals surface area contributed by atoms with E-state index in [0.29, 0.717) is 6.42 Å². The summed E-state index contributed by atoms with van der Waals surface area (Å²) < 4.78 is 0. The molecule has 0 bridgehead atoms. The van der Waals surface area contributed by atoms with Crippen molar-refractivity contribution in [1.82, 2.24) is 5.32 Å². The Morgan fingerprint density at radius 1 is 1.67 bits per heavy atom. The minimum absolute atomic E-state index is 0.0177. The smallest absolute Gasteiger partial charge is 0.252 e. The first kappa shape index (κ1) is 11.8. The summed E-state index contributed by atoms with van der Waals surface area (Å²) in [6, 6.07) is 0.0850. The highest BCUT2D eigenvalue weighted by molar-refractivity contribution is 7.08. The normalized spacial score (nSPS) is 11.8. The van der Waals surface area contributed by atoms with E-state index in [9.17, 15) is 4.79 Å². The first-order chi connectivity index (χ1) is 7.19. The van der Waals surface area contributed by atoms with E-state index in [1.807, 2.05) is 24.6 Å². The van der Waals surface area contributed by atoms with Gasteiger partial charge in [-0.15, -0.1) is 12.3 Å². The SMILES string of the molecule is C#CCC(CC)NC(=O)c1cscc1C. The van der Waals surface area contributed by atoms with E-state index in [1.165, 1.54) is 0 Å². The molecule has 80 valence electrons. The number of nitrogens with one attached hydrogen (secondary N) is 1. The zero-order valence-electron chi connectivity index (χ0n) is 9.04. The Morgan fingerprint density at radius 3 is 2.87 bits per heavy atom. The second kappa shape index (κ2) is 5.57. The van der Waals surface area contributed by atoms with Crippen molar-refractivity contribution >= 4 is 17.2 Å². The summed E-state index contributed by atoms with van der Waals surface area (Å²) in [6.07, 6.45) is 6.68. The van der Waals surface area contributed by atoms with Gasteiger partial charge >= 0.3 is 0 Å². The molecule has 0 saturated carbocycles. The van der Waals surface area contributed by atoms with Gasteiger partial charge in [0.25, 0.3) is 5.91 Å². The number of rotatable bonds is 4. The fourth-order valence-corrected chi connectivity index (χ4v) is 2.12. The topological polar surface area (TPSA) is 29.1 Å².